The van der Waals surface area contributed by atoms with Crippen LogP contribution in [0.1, 0.15) is 35.6 Å². The summed E-state index contributed by atoms with van der Waals surface area (Å²) in [4.78, 5) is 0.620. The van der Waals surface area contributed by atoms with Gasteiger partial charge in [0.15, 0.2) is 19.7 Å². The van der Waals surface area contributed by atoms with Crippen molar-refractivity contribution in [3.8, 4) is 0 Å². The van der Waals surface area contributed by atoms with Gasteiger partial charge in [-0.1, -0.05) is 12.5 Å². The highest BCUT2D eigenvalue weighted by Crippen LogP contribution is 2.56. The Bertz CT molecular complexity index is 892. The molecule has 1 heterocycles. The third-order valence-corrected chi connectivity index (χ3v) is 6.69. The maximum absolute atomic E-state index is 13.3. The fourth-order valence-electron chi connectivity index (χ4n) is 2.51. The monoisotopic (exact) mass is 420 g/mol. The molecule has 0 saturated heterocycles. The summed E-state index contributed by atoms with van der Waals surface area (Å²) in [6, 6.07) is 7.20. The molecule has 11 heteroatoms. The Morgan fingerprint density at radius 2 is 1.62 bits per heavy atom. The summed E-state index contributed by atoms with van der Waals surface area (Å²) in [5.41, 5.74) is -8.88. The molecule has 1 fully saturated rings. The SMILES string of the molecule is Cc1ccc2cc(C3CCC3)[s+](C(F)(F)F)c2c1.O=S(=O)([O-])C(F)(F)F. The van der Waals surface area contributed by atoms with Gasteiger partial charge in [0.2, 0.25) is 0 Å². The van der Waals surface area contributed by atoms with Crippen LogP contribution < -0.4 is 0 Å². The van der Waals surface area contributed by atoms with Gasteiger partial charge in [0.05, 0.1) is 10.5 Å². The summed E-state index contributed by atoms with van der Waals surface area (Å²) >= 11 is 0. The largest absolute Gasteiger partial charge is 0.741 e. The van der Waals surface area contributed by atoms with Crippen LogP contribution in [0.5, 0.6) is 0 Å². The molecule has 146 valence electrons. The van der Waals surface area contributed by atoms with Gasteiger partial charge in [-0.25, -0.2) is 8.42 Å². The van der Waals surface area contributed by atoms with E-state index in [2.05, 4.69) is 0 Å². The predicted octanol–water partition coefficient (Wildman–Crippen LogP) is 5.69. The molecule has 3 rings (SSSR count). The van der Waals surface area contributed by atoms with Crippen LogP contribution in [-0.2, 0) is 15.6 Å². The number of rotatable bonds is 1. The van der Waals surface area contributed by atoms with E-state index in [0.717, 1.165) is 30.2 Å². The minimum absolute atomic E-state index is 0.155. The van der Waals surface area contributed by atoms with Gasteiger partial charge in [0.1, 0.15) is 0 Å². The lowest BCUT2D eigenvalue weighted by molar-refractivity contribution is -0.0868. The van der Waals surface area contributed by atoms with Gasteiger partial charge in [-0.05, 0) is 31.4 Å². The molecule has 3 nitrogen and oxygen atoms in total. The van der Waals surface area contributed by atoms with E-state index in [4.69, 9.17) is 13.0 Å². The van der Waals surface area contributed by atoms with Crippen molar-refractivity contribution in [3.63, 3.8) is 0 Å². The molecule has 0 aliphatic heterocycles. The van der Waals surface area contributed by atoms with Crippen LogP contribution in [0.15, 0.2) is 24.3 Å². The van der Waals surface area contributed by atoms with Gasteiger partial charge in [-0.15, -0.1) is 13.2 Å². The average molecular weight is 420 g/mol. The van der Waals surface area contributed by atoms with Gasteiger partial charge >= 0.3 is 11.0 Å². The first-order valence-electron chi connectivity index (χ1n) is 7.37. The Labute approximate surface area is 148 Å². The molecule has 2 aromatic rings. The second-order valence-electron chi connectivity index (χ2n) is 5.87. The van der Waals surface area contributed by atoms with Gasteiger partial charge in [0.25, 0.3) is 0 Å². The van der Waals surface area contributed by atoms with E-state index >= 15 is 0 Å². The molecule has 1 atom stereocenters. The van der Waals surface area contributed by atoms with E-state index in [1.807, 2.05) is 19.1 Å². The smallest absolute Gasteiger partial charge is 0.600 e. The van der Waals surface area contributed by atoms with E-state index in [1.54, 1.807) is 12.1 Å². The molecular weight excluding hydrogens is 406 g/mol. The standard InChI is InChI=1S/C14H14F3S.CHF3O3S/c1-9-5-6-11-8-13(10-3-2-4-10)18(12(11)7-9)14(15,16)17;2-1(3,4)8(5,6)7/h5-8,10H,2-4H2,1H3;(H,5,6,7)/q+1;/p-1. The number of aryl methyl sites for hydroxylation is 1. The van der Waals surface area contributed by atoms with Crippen LogP contribution in [0.4, 0.5) is 26.3 Å². The molecule has 0 N–H and O–H groups in total. The molecule has 1 saturated carbocycles. The molecule has 0 bridgehead atoms. The molecule has 26 heavy (non-hydrogen) atoms. The van der Waals surface area contributed by atoms with Crippen molar-refractivity contribution >= 4 is 30.7 Å². The minimum atomic E-state index is -6.09. The van der Waals surface area contributed by atoms with Gasteiger partial charge < -0.3 is 4.55 Å². The number of thiophene rings is 1. The fourth-order valence-corrected chi connectivity index (χ4v) is 4.76. The lowest BCUT2D eigenvalue weighted by Crippen LogP contribution is -2.21. The Morgan fingerprint density at radius 1 is 1.08 bits per heavy atom. The zero-order valence-corrected chi connectivity index (χ0v) is 15.0. The van der Waals surface area contributed by atoms with Crippen LogP contribution in [0, 0.1) is 6.92 Å². The Kier molecular flexibility index (Phi) is 5.65. The summed E-state index contributed by atoms with van der Waals surface area (Å²) < 4.78 is 99.3. The first-order valence-corrected chi connectivity index (χ1v) is 10.0. The number of fused-ring (bicyclic) bond motifs is 1. The van der Waals surface area contributed by atoms with E-state index in [0.29, 0.717) is 9.58 Å². The van der Waals surface area contributed by atoms with Crippen LogP contribution in [0.25, 0.3) is 10.1 Å². The predicted molar refractivity (Wildman–Crippen MR) is 84.8 cm³/mol. The first-order chi connectivity index (χ1) is 11.7. The molecule has 1 unspecified atom stereocenters. The number of benzene rings is 1. The molecule has 0 radical (unpaired) electrons. The van der Waals surface area contributed by atoms with Crippen LogP contribution in [0.2, 0.25) is 0 Å². The quantitative estimate of drug-likeness (QED) is 0.258. The van der Waals surface area contributed by atoms with Crippen LogP contribution >= 0.6 is 10.5 Å². The summed E-state index contributed by atoms with van der Waals surface area (Å²) in [5, 5.41) is 0.767. The zero-order valence-electron chi connectivity index (χ0n) is 13.3. The van der Waals surface area contributed by atoms with E-state index in [-0.39, 0.29) is 5.92 Å². The molecule has 1 aliphatic carbocycles. The van der Waals surface area contributed by atoms with E-state index < -0.39 is 31.6 Å². The molecule has 0 amide bonds. The molecule has 1 aromatic carbocycles. The topological polar surface area (TPSA) is 57.2 Å². The van der Waals surface area contributed by atoms with Crippen molar-refractivity contribution in [3.05, 3.63) is 34.7 Å². The molecule has 1 aromatic heterocycles. The molecule has 1 aliphatic rings. The Hall–Kier alpha value is -1.33. The van der Waals surface area contributed by atoms with E-state index in [1.165, 1.54) is 0 Å². The van der Waals surface area contributed by atoms with Crippen molar-refractivity contribution < 1.29 is 39.3 Å². The lowest BCUT2D eigenvalue weighted by atomic mass is 9.84. The van der Waals surface area contributed by atoms with E-state index in [9.17, 15) is 26.3 Å². The summed E-state index contributed by atoms with van der Waals surface area (Å²) in [7, 11) is -7.78. The van der Waals surface area contributed by atoms with Crippen molar-refractivity contribution in [2.75, 3.05) is 0 Å². The highest BCUT2D eigenvalue weighted by Gasteiger charge is 2.50. The maximum atomic E-state index is 13.3. The normalized spacial score (nSPS) is 16.8. The number of alkyl halides is 6. The number of halogens is 6. The summed E-state index contributed by atoms with van der Waals surface area (Å²) in [6.45, 7) is 1.85. The molecular formula is C15H14F6O3S2. The van der Waals surface area contributed by atoms with Gasteiger partial charge in [-0.2, -0.15) is 13.2 Å². The maximum Gasteiger partial charge on any atom is 0.600 e. The third-order valence-electron chi connectivity index (χ3n) is 3.94. The van der Waals surface area contributed by atoms with Crippen molar-refractivity contribution in [1.29, 1.82) is 0 Å². The summed E-state index contributed by atoms with van der Waals surface area (Å²) in [5.74, 6) is 0.155. The zero-order chi connectivity index (χ0) is 19.9. The Balaban J connectivity index is 0.000000260. The van der Waals surface area contributed by atoms with Crippen LogP contribution in [-0.4, -0.2) is 18.5 Å². The number of hydrogen-bond donors (Lipinski definition) is 0. The molecule has 0 spiro atoms. The lowest BCUT2D eigenvalue weighted by Gasteiger charge is -2.21. The van der Waals surface area contributed by atoms with Crippen LogP contribution in [0.3, 0.4) is 0 Å². The van der Waals surface area contributed by atoms with Gasteiger partial charge in [-0.3, -0.25) is 0 Å². The van der Waals surface area contributed by atoms with Gasteiger partial charge in [0, 0.05) is 23.4 Å². The van der Waals surface area contributed by atoms with Crippen molar-refractivity contribution in [1.82, 2.24) is 0 Å². The summed E-state index contributed by atoms with van der Waals surface area (Å²) in [6.07, 6.45) is 2.89. The first kappa shape index (κ1) is 21.0. The van der Waals surface area contributed by atoms with Crippen molar-refractivity contribution in [2.24, 2.45) is 0 Å². The highest BCUT2D eigenvalue weighted by atomic mass is 32.2. The third kappa shape index (κ3) is 4.49. The highest BCUT2D eigenvalue weighted by molar-refractivity contribution is 7.86. The second-order valence-corrected chi connectivity index (χ2v) is 9.23. The minimum Gasteiger partial charge on any atom is -0.741 e. The average Bonchev–Trinajstić information content (AvgIpc) is 2.72. The Morgan fingerprint density at radius 3 is 2.00 bits per heavy atom. The number of hydrogen-bond acceptors (Lipinski definition) is 3. The van der Waals surface area contributed by atoms with Crippen molar-refractivity contribution in [2.45, 2.75) is 43.1 Å². The fraction of sp³-hybridized carbons (Fsp3) is 0.467. The second kappa shape index (κ2) is 7.01.